The lowest BCUT2D eigenvalue weighted by Crippen LogP contribution is -2.26. The zero-order valence-corrected chi connectivity index (χ0v) is 14.0. The number of hydrogen-bond donors (Lipinski definition) is 2. The molecule has 126 valence electrons. The monoisotopic (exact) mass is 327 g/mol. The van der Waals surface area contributed by atoms with E-state index < -0.39 is 0 Å². The molecule has 0 aromatic heterocycles. The van der Waals surface area contributed by atoms with Crippen LogP contribution in [0.3, 0.4) is 0 Å². The van der Waals surface area contributed by atoms with E-state index in [0.717, 1.165) is 11.3 Å². The number of carbonyl (C=O) groups is 1. The summed E-state index contributed by atoms with van der Waals surface area (Å²) in [6.07, 6.45) is 1.52. The summed E-state index contributed by atoms with van der Waals surface area (Å²) >= 11 is 0. The van der Waals surface area contributed by atoms with Gasteiger partial charge in [-0.05, 0) is 36.8 Å². The van der Waals surface area contributed by atoms with Crippen LogP contribution in [0.5, 0.6) is 11.5 Å². The van der Waals surface area contributed by atoms with Gasteiger partial charge in [0.05, 0.1) is 27.0 Å². The number of anilines is 1. The Labute approximate surface area is 141 Å². The molecule has 6 heteroatoms. The van der Waals surface area contributed by atoms with Crippen LogP contribution in [0, 0.1) is 6.92 Å². The van der Waals surface area contributed by atoms with Gasteiger partial charge in [-0.3, -0.25) is 4.79 Å². The molecule has 0 aliphatic carbocycles. The minimum absolute atomic E-state index is 0.136. The summed E-state index contributed by atoms with van der Waals surface area (Å²) in [6.45, 7) is 2.12. The lowest BCUT2D eigenvalue weighted by Gasteiger charge is -2.08. The molecule has 2 aromatic carbocycles. The smallest absolute Gasteiger partial charge is 0.259 e. The third-order valence-corrected chi connectivity index (χ3v) is 3.41. The molecular weight excluding hydrogens is 306 g/mol. The van der Waals surface area contributed by atoms with E-state index in [0.29, 0.717) is 17.1 Å². The molecule has 1 amide bonds. The highest BCUT2D eigenvalue weighted by Gasteiger charge is 2.04. The molecule has 0 heterocycles. The van der Waals surface area contributed by atoms with E-state index >= 15 is 0 Å². The van der Waals surface area contributed by atoms with Crippen LogP contribution in [0.25, 0.3) is 0 Å². The molecule has 0 unspecified atom stereocenters. The number of aryl methyl sites for hydroxylation is 1. The molecule has 0 bridgehead atoms. The maximum atomic E-state index is 11.9. The number of carbonyl (C=O) groups excluding carboxylic acids is 1. The number of hydrogen-bond acceptors (Lipinski definition) is 5. The van der Waals surface area contributed by atoms with Gasteiger partial charge in [-0.1, -0.05) is 18.2 Å². The van der Waals surface area contributed by atoms with Gasteiger partial charge in [-0.15, -0.1) is 0 Å². The van der Waals surface area contributed by atoms with E-state index in [9.17, 15) is 4.79 Å². The fourth-order valence-electron chi connectivity index (χ4n) is 2.10. The normalized spacial score (nSPS) is 10.5. The first-order chi connectivity index (χ1) is 11.6. The molecule has 0 radical (unpaired) electrons. The summed E-state index contributed by atoms with van der Waals surface area (Å²) in [7, 11) is 3.16. The van der Waals surface area contributed by atoms with Gasteiger partial charge in [0.1, 0.15) is 11.5 Å². The van der Waals surface area contributed by atoms with Crippen LogP contribution in [0.15, 0.2) is 47.6 Å². The van der Waals surface area contributed by atoms with E-state index in [4.69, 9.17) is 9.47 Å². The Morgan fingerprint density at radius 3 is 2.67 bits per heavy atom. The number of methoxy groups -OCH3 is 2. The standard InChI is InChI=1S/C18H21N3O3/c1-13-6-4-5-7-16(13)19-12-18(22)21-20-11-14-10-15(23-2)8-9-17(14)24-3/h4-11,19H,12H2,1-3H3,(H,21,22)/b20-11-. The molecule has 2 N–H and O–H groups in total. The summed E-state index contributed by atoms with van der Waals surface area (Å²) in [4.78, 5) is 11.9. The van der Waals surface area contributed by atoms with E-state index in [-0.39, 0.29) is 12.5 Å². The lowest BCUT2D eigenvalue weighted by molar-refractivity contribution is -0.119. The highest BCUT2D eigenvalue weighted by atomic mass is 16.5. The average Bonchev–Trinajstić information content (AvgIpc) is 2.61. The number of benzene rings is 2. The maximum absolute atomic E-state index is 11.9. The van der Waals surface area contributed by atoms with Gasteiger partial charge in [0.2, 0.25) is 0 Å². The molecule has 2 aromatic rings. The topological polar surface area (TPSA) is 72.0 Å². The predicted molar refractivity (Wildman–Crippen MR) is 95.0 cm³/mol. The molecule has 0 fully saturated rings. The number of para-hydroxylation sites is 1. The molecule has 0 spiro atoms. The molecular formula is C18H21N3O3. The number of hydrazone groups is 1. The number of ether oxygens (including phenoxy) is 2. The fraction of sp³-hybridized carbons (Fsp3) is 0.222. The summed E-state index contributed by atoms with van der Waals surface area (Å²) in [5, 5.41) is 7.03. The summed E-state index contributed by atoms with van der Waals surface area (Å²) in [6, 6.07) is 13.1. The zero-order valence-electron chi connectivity index (χ0n) is 14.0. The van der Waals surface area contributed by atoms with Crippen LogP contribution in [0.4, 0.5) is 5.69 Å². The minimum Gasteiger partial charge on any atom is -0.497 e. The Hall–Kier alpha value is -3.02. The largest absolute Gasteiger partial charge is 0.497 e. The van der Waals surface area contributed by atoms with Crippen LogP contribution in [-0.2, 0) is 4.79 Å². The van der Waals surface area contributed by atoms with Crippen molar-refractivity contribution >= 4 is 17.8 Å². The lowest BCUT2D eigenvalue weighted by atomic mass is 10.2. The molecule has 0 saturated heterocycles. The Morgan fingerprint density at radius 2 is 1.96 bits per heavy atom. The Kier molecular flexibility index (Phi) is 6.19. The second kappa shape index (κ2) is 8.57. The molecule has 6 nitrogen and oxygen atoms in total. The van der Waals surface area contributed by atoms with Crippen LogP contribution in [0.1, 0.15) is 11.1 Å². The van der Waals surface area contributed by atoms with Crippen molar-refractivity contribution < 1.29 is 14.3 Å². The van der Waals surface area contributed by atoms with Gasteiger partial charge in [-0.2, -0.15) is 5.10 Å². The number of amides is 1. The van der Waals surface area contributed by atoms with Crippen molar-refractivity contribution in [3.8, 4) is 11.5 Å². The predicted octanol–water partition coefficient (Wildman–Crippen LogP) is 2.57. The Bertz CT molecular complexity index is 729. The van der Waals surface area contributed by atoms with Crippen LogP contribution in [0.2, 0.25) is 0 Å². The highest BCUT2D eigenvalue weighted by Crippen LogP contribution is 2.22. The van der Waals surface area contributed by atoms with Crippen LogP contribution < -0.4 is 20.2 Å². The van der Waals surface area contributed by atoms with Crippen molar-refractivity contribution in [2.45, 2.75) is 6.92 Å². The molecule has 2 rings (SSSR count). The van der Waals surface area contributed by atoms with Crippen molar-refractivity contribution in [1.29, 1.82) is 0 Å². The van der Waals surface area contributed by atoms with Crippen molar-refractivity contribution in [2.24, 2.45) is 5.10 Å². The van der Waals surface area contributed by atoms with E-state index in [1.165, 1.54) is 6.21 Å². The third-order valence-electron chi connectivity index (χ3n) is 3.41. The average molecular weight is 327 g/mol. The van der Waals surface area contributed by atoms with Crippen molar-refractivity contribution in [2.75, 3.05) is 26.1 Å². The highest BCUT2D eigenvalue weighted by molar-refractivity contribution is 5.86. The summed E-state index contributed by atoms with van der Waals surface area (Å²) < 4.78 is 10.4. The number of rotatable bonds is 7. The van der Waals surface area contributed by atoms with Gasteiger partial charge in [-0.25, -0.2) is 5.43 Å². The quantitative estimate of drug-likeness (QED) is 0.606. The van der Waals surface area contributed by atoms with Crippen LogP contribution in [-0.4, -0.2) is 32.9 Å². The molecule has 0 saturated carbocycles. The first kappa shape index (κ1) is 17.3. The van der Waals surface area contributed by atoms with Gasteiger partial charge in [0.25, 0.3) is 5.91 Å². The zero-order chi connectivity index (χ0) is 17.4. The third kappa shape index (κ3) is 4.74. The molecule has 0 atom stereocenters. The van der Waals surface area contributed by atoms with Crippen molar-refractivity contribution in [3.05, 3.63) is 53.6 Å². The second-order valence-corrected chi connectivity index (χ2v) is 5.07. The minimum atomic E-state index is -0.239. The number of nitrogens with one attached hydrogen (secondary N) is 2. The fourth-order valence-corrected chi connectivity index (χ4v) is 2.10. The van der Waals surface area contributed by atoms with Gasteiger partial charge in [0, 0.05) is 11.3 Å². The van der Waals surface area contributed by atoms with Gasteiger partial charge >= 0.3 is 0 Å². The van der Waals surface area contributed by atoms with E-state index in [2.05, 4.69) is 15.8 Å². The first-order valence-corrected chi connectivity index (χ1v) is 7.47. The van der Waals surface area contributed by atoms with Gasteiger partial charge in [0.15, 0.2) is 0 Å². The Balaban J connectivity index is 1.91. The van der Waals surface area contributed by atoms with Crippen molar-refractivity contribution in [1.82, 2.24) is 5.43 Å². The van der Waals surface area contributed by atoms with E-state index in [1.807, 2.05) is 31.2 Å². The molecule has 0 aliphatic heterocycles. The number of nitrogens with zero attached hydrogens (tertiary/aromatic N) is 1. The van der Waals surface area contributed by atoms with Gasteiger partial charge < -0.3 is 14.8 Å². The SMILES string of the molecule is COc1ccc(OC)c(/C=N\NC(=O)CNc2ccccc2C)c1. The molecule has 24 heavy (non-hydrogen) atoms. The van der Waals surface area contributed by atoms with E-state index in [1.54, 1.807) is 32.4 Å². The summed E-state index contributed by atoms with van der Waals surface area (Å²) in [5.41, 5.74) is 5.19. The molecule has 0 aliphatic rings. The Morgan fingerprint density at radius 1 is 1.17 bits per heavy atom. The maximum Gasteiger partial charge on any atom is 0.259 e. The van der Waals surface area contributed by atoms with Crippen LogP contribution >= 0.6 is 0 Å². The second-order valence-electron chi connectivity index (χ2n) is 5.07. The first-order valence-electron chi connectivity index (χ1n) is 7.47. The van der Waals surface area contributed by atoms with Crippen molar-refractivity contribution in [3.63, 3.8) is 0 Å². The summed E-state index contributed by atoms with van der Waals surface area (Å²) in [5.74, 6) is 1.09.